The van der Waals surface area contributed by atoms with Gasteiger partial charge in [0.1, 0.15) is 5.75 Å². The van der Waals surface area contributed by atoms with Gasteiger partial charge >= 0.3 is 6.03 Å². The zero-order valence-corrected chi connectivity index (χ0v) is 20.8. The maximum atomic E-state index is 14.8. The molecule has 192 valence electrons. The van der Waals surface area contributed by atoms with Crippen molar-refractivity contribution in [3.63, 3.8) is 0 Å². The number of aromatic nitrogens is 2. The predicted molar refractivity (Wildman–Crippen MR) is 138 cm³/mol. The number of nitrogens with zero attached hydrogens (tertiary/aromatic N) is 2. The monoisotopic (exact) mass is 525 g/mol. The maximum Gasteiger partial charge on any atom is 0.319 e. The molecule has 4 aromatic rings. The zero-order chi connectivity index (χ0) is 25.8. The van der Waals surface area contributed by atoms with Crippen LogP contribution in [0.4, 0.5) is 19.3 Å². The van der Waals surface area contributed by atoms with Crippen LogP contribution >= 0.6 is 11.3 Å². The normalized spacial score (nSPS) is 13.1. The third-order valence-corrected chi connectivity index (χ3v) is 6.85. The highest BCUT2D eigenvalue weighted by Crippen LogP contribution is 2.39. The average Bonchev–Trinajstić information content (AvgIpc) is 3.60. The molecule has 3 heterocycles. The summed E-state index contributed by atoms with van der Waals surface area (Å²) in [7, 11) is 1.66. The summed E-state index contributed by atoms with van der Waals surface area (Å²) in [5.74, 6) is -2.34. The quantitative estimate of drug-likeness (QED) is 0.238. The van der Waals surface area contributed by atoms with Crippen molar-refractivity contribution < 1.29 is 23.0 Å². The van der Waals surface area contributed by atoms with E-state index >= 15 is 0 Å². The number of urea groups is 1. The zero-order valence-electron chi connectivity index (χ0n) is 20.0. The topological polar surface area (TPSA) is 97.4 Å². The molecule has 0 bridgehead atoms. The number of hydrogen-bond donors (Lipinski definition) is 3. The number of anilines is 1. The number of halogens is 2. The van der Waals surface area contributed by atoms with E-state index in [0.29, 0.717) is 29.1 Å². The first-order chi connectivity index (χ1) is 18.0. The van der Waals surface area contributed by atoms with Gasteiger partial charge in [0.15, 0.2) is 11.6 Å². The van der Waals surface area contributed by atoms with Crippen LogP contribution in [-0.4, -0.2) is 42.3 Å². The highest BCUT2D eigenvalue weighted by molar-refractivity contribution is 7.22. The number of ether oxygens (including phenoxy) is 2. The summed E-state index contributed by atoms with van der Waals surface area (Å²) in [5.41, 5.74) is 2.21. The van der Waals surface area contributed by atoms with Gasteiger partial charge in [-0.15, -0.1) is 11.3 Å². The second kappa shape index (κ2) is 11.2. The molecule has 1 aromatic carbocycles. The first kappa shape index (κ1) is 25.0. The first-order valence-corrected chi connectivity index (χ1v) is 12.6. The second-order valence-electron chi connectivity index (χ2n) is 8.57. The third kappa shape index (κ3) is 6.01. The van der Waals surface area contributed by atoms with Crippen LogP contribution < -0.4 is 20.7 Å². The van der Waals surface area contributed by atoms with Crippen molar-refractivity contribution in [2.75, 3.05) is 25.6 Å². The molecule has 5 rings (SSSR count). The molecule has 0 radical (unpaired) electrons. The van der Waals surface area contributed by atoms with Gasteiger partial charge in [0.05, 0.1) is 33.1 Å². The summed E-state index contributed by atoms with van der Waals surface area (Å²) < 4.78 is 40.9. The van der Waals surface area contributed by atoms with Crippen LogP contribution in [0, 0.1) is 11.6 Å². The highest BCUT2D eigenvalue weighted by atomic mass is 32.1. The number of benzene rings is 1. The van der Waals surface area contributed by atoms with Crippen molar-refractivity contribution in [3.8, 4) is 22.1 Å². The van der Waals surface area contributed by atoms with Crippen molar-refractivity contribution in [2.24, 2.45) is 0 Å². The van der Waals surface area contributed by atoms with Crippen LogP contribution in [0.1, 0.15) is 18.4 Å². The standard InChI is InChI=1S/C26H25F2N5O3S/c1-35-11-10-29-13-15-2-5-17(31-14-15)22-12-19-25(37-22)21(8-9-30-19)36-20-7-6-18(23(27)24(20)28)33-26(34)32-16-3-4-16/h2,5-9,12,14,16,29H,3-4,10-11,13H2,1H3,(H2,32,33,34). The molecule has 0 saturated heterocycles. The summed E-state index contributed by atoms with van der Waals surface area (Å²) in [6.45, 7) is 2.08. The summed E-state index contributed by atoms with van der Waals surface area (Å²) in [4.78, 5) is 21.7. The number of carbonyl (C=O) groups is 1. The Kier molecular flexibility index (Phi) is 7.54. The van der Waals surface area contributed by atoms with Gasteiger partial charge in [-0.1, -0.05) is 6.07 Å². The molecule has 0 unspecified atom stereocenters. The van der Waals surface area contributed by atoms with Crippen molar-refractivity contribution in [1.82, 2.24) is 20.6 Å². The Morgan fingerprint density at radius 1 is 1.11 bits per heavy atom. The van der Waals surface area contributed by atoms with Gasteiger partial charge in [-0.25, -0.2) is 9.18 Å². The van der Waals surface area contributed by atoms with Crippen LogP contribution in [0.25, 0.3) is 20.8 Å². The van der Waals surface area contributed by atoms with E-state index in [1.807, 2.05) is 24.4 Å². The molecule has 3 N–H and O–H groups in total. The summed E-state index contributed by atoms with van der Waals surface area (Å²) in [6.07, 6.45) is 5.12. The molecule has 2 amide bonds. The molecule has 0 spiro atoms. The van der Waals surface area contributed by atoms with Crippen LogP contribution in [0.15, 0.2) is 48.8 Å². The molecule has 3 aromatic heterocycles. The SMILES string of the molecule is COCCNCc1ccc(-c2cc3nccc(Oc4ccc(NC(=O)NC5CC5)c(F)c4F)c3s2)nc1. The van der Waals surface area contributed by atoms with Gasteiger partial charge in [-0.2, -0.15) is 4.39 Å². The number of nitrogens with one attached hydrogen (secondary N) is 3. The minimum atomic E-state index is -1.19. The van der Waals surface area contributed by atoms with E-state index < -0.39 is 17.7 Å². The van der Waals surface area contributed by atoms with E-state index in [1.165, 1.54) is 23.5 Å². The Morgan fingerprint density at radius 3 is 2.73 bits per heavy atom. The third-order valence-electron chi connectivity index (χ3n) is 5.69. The Morgan fingerprint density at radius 2 is 1.97 bits per heavy atom. The van der Waals surface area contributed by atoms with E-state index in [0.717, 1.165) is 35.5 Å². The van der Waals surface area contributed by atoms with E-state index in [9.17, 15) is 13.6 Å². The smallest absolute Gasteiger partial charge is 0.319 e. The Hall–Kier alpha value is -3.67. The van der Waals surface area contributed by atoms with Crippen molar-refractivity contribution in [3.05, 3.63) is 66.0 Å². The summed E-state index contributed by atoms with van der Waals surface area (Å²) in [5, 5.41) is 8.28. The van der Waals surface area contributed by atoms with E-state index in [-0.39, 0.29) is 17.5 Å². The molecule has 11 heteroatoms. The van der Waals surface area contributed by atoms with Crippen LogP contribution in [-0.2, 0) is 11.3 Å². The van der Waals surface area contributed by atoms with E-state index in [4.69, 9.17) is 9.47 Å². The lowest BCUT2D eigenvalue weighted by Gasteiger charge is -2.11. The number of hydrogen-bond acceptors (Lipinski definition) is 7. The lowest BCUT2D eigenvalue weighted by molar-refractivity contribution is 0.199. The fourth-order valence-electron chi connectivity index (χ4n) is 3.60. The van der Waals surface area contributed by atoms with Crippen molar-refractivity contribution in [1.29, 1.82) is 0 Å². The van der Waals surface area contributed by atoms with Gasteiger partial charge in [-0.05, 0) is 42.7 Å². The number of rotatable bonds is 10. The van der Waals surface area contributed by atoms with Crippen molar-refractivity contribution in [2.45, 2.75) is 25.4 Å². The van der Waals surface area contributed by atoms with Crippen molar-refractivity contribution >= 4 is 33.3 Å². The number of pyridine rings is 2. The molecule has 1 saturated carbocycles. The number of methoxy groups -OCH3 is 1. The number of amides is 2. The molecule has 1 aliphatic carbocycles. The molecule has 1 aliphatic rings. The minimum Gasteiger partial charge on any atom is -0.453 e. The fourth-order valence-corrected chi connectivity index (χ4v) is 4.64. The fraction of sp³-hybridized carbons (Fsp3) is 0.269. The van der Waals surface area contributed by atoms with E-state index in [2.05, 4.69) is 25.9 Å². The number of fused-ring (bicyclic) bond motifs is 1. The Labute approximate surface area is 216 Å². The predicted octanol–water partition coefficient (Wildman–Crippen LogP) is 5.45. The van der Waals surface area contributed by atoms with Gasteiger partial charge in [-0.3, -0.25) is 9.97 Å². The summed E-state index contributed by atoms with van der Waals surface area (Å²) in [6, 6.07) is 9.48. The van der Waals surface area contributed by atoms with E-state index in [1.54, 1.807) is 19.4 Å². The molecular formula is C26H25F2N5O3S. The van der Waals surface area contributed by atoms with Gasteiger partial charge < -0.3 is 25.4 Å². The minimum absolute atomic E-state index is 0.0940. The first-order valence-electron chi connectivity index (χ1n) is 11.8. The molecule has 0 aliphatic heterocycles. The van der Waals surface area contributed by atoms with Gasteiger partial charge in [0.2, 0.25) is 5.82 Å². The Bertz CT molecular complexity index is 1410. The summed E-state index contributed by atoms with van der Waals surface area (Å²) >= 11 is 1.40. The lowest BCUT2D eigenvalue weighted by Crippen LogP contribution is -2.30. The number of carbonyl (C=O) groups excluding carboxylic acids is 1. The van der Waals surface area contributed by atoms with Crippen LogP contribution in [0.5, 0.6) is 11.5 Å². The molecule has 8 nitrogen and oxygen atoms in total. The van der Waals surface area contributed by atoms with Gasteiger partial charge in [0, 0.05) is 44.7 Å². The molecule has 0 atom stereocenters. The largest absolute Gasteiger partial charge is 0.453 e. The lowest BCUT2D eigenvalue weighted by atomic mass is 10.2. The number of thiophene rings is 1. The van der Waals surface area contributed by atoms with Crippen LogP contribution in [0.3, 0.4) is 0 Å². The van der Waals surface area contributed by atoms with Gasteiger partial charge in [0.25, 0.3) is 0 Å². The highest BCUT2D eigenvalue weighted by Gasteiger charge is 2.24. The maximum absolute atomic E-state index is 14.8. The average molecular weight is 526 g/mol. The molecular weight excluding hydrogens is 500 g/mol. The molecule has 37 heavy (non-hydrogen) atoms. The Balaban J connectivity index is 1.32. The molecule has 1 fully saturated rings. The van der Waals surface area contributed by atoms with Crippen LogP contribution in [0.2, 0.25) is 0 Å². The second-order valence-corrected chi connectivity index (χ2v) is 9.62.